The maximum Gasteiger partial charge on any atom is 0.347 e. The largest absolute Gasteiger partial charge is 0.347 e. The van der Waals surface area contributed by atoms with E-state index in [1.54, 1.807) is 6.92 Å². The van der Waals surface area contributed by atoms with Crippen LogP contribution in [0.4, 0.5) is 0 Å². The highest BCUT2D eigenvalue weighted by Crippen LogP contribution is 2.39. The fraction of sp³-hybridized carbons (Fsp3) is 0.438. The molecule has 0 saturated carbocycles. The number of carbonyl (C=O) groups excluding carboxylic acids is 2. The summed E-state index contributed by atoms with van der Waals surface area (Å²) in [4.78, 5) is 28.5. The van der Waals surface area contributed by atoms with Crippen LogP contribution in [0.25, 0.3) is 0 Å². The SMILES string of the molecule is CCC[C@]1(CCC(C)=O)C(=O)ON=C1c1ccccc1. The van der Waals surface area contributed by atoms with Crippen molar-refractivity contribution < 1.29 is 14.4 Å². The van der Waals surface area contributed by atoms with Crippen molar-refractivity contribution in [2.75, 3.05) is 0 Å². The zero-order valence-electron chi connectivity index (χ0n) is 11.9. The summed E-state index contributed by atoms with van der Waals surface area (Å²) in [5, 5.41) is 3.99. The van der Waals surface area contributed by atoms with E-state index in [9.17, 15) is 9.59 Å². The van der Waals surface area contributed by atoms with Gasteiger partial charge in [0.2, 0.25) is 0 Å². The smallest absolute Gasteiger partial charge is 0.317 e. The van der Waals surface area contributed by atoms with E-state index < -0.39 is 5.41 Å². The Bertz CT molecular complexity index is 536. The number of benzene rings is 1. The van der Waals surface area contributed by atoms with Crippen molar-refractivity contribution in [3.05, 3.63) is 35.9 Å². The molecule has 20 heavy (non-hydrogen) atoms. The summed E-state index contributed by atoms with van der Waals surface area (Å²) < 4.78 is 0. The van der Waals surface area contributed by atoms with Crippen LogP contribution >= 0.6 is 0 Å². The third kappa shape index (κ3) is 2.64. The Morgan fingerprint density at radius 2 is 1.95 bits per heavy atom. The molecule has 1 aromatic rings. The van der Waals surface area contributed by atoms with E-state index in [1.807, 2.05) is 37.3 Å². The Labute approximate surface area is 118 Å². The highest BCUT2D eigenvalue weighted by Gasteiger charge is 2.49. The maximum absolute atomic E-state index is 12.2. The number of hydrogen-bond acceptors (Lipinski definition) is 4. The van der Waals surface area contributed by atoms with Crippen molar-refractivity contribution in [3.63, 3.8) is 0 Å². The van der Waals surface area contributed by atoms with Crippen molar-refractivity contribution in [1.29, 1.82) is 0 Å². The molecular formula is C16H19NO3. The second-order valence-corrected chi connectivity index (χ2v) is 5.22. The van der Waals surface area contributed by atoms with Gasteiger partial charge in [0.05, 0.1) is 0 Å². The van der Waals surface area contributed by atoms with Crippen LogP contribution in [0.1, 0.15) is 45.1 Å². The molecule has 0 unspecified atom stereocenters. The monoisotopic (exact) mass is 273 g/mol. The first kappa shape index (κ1) is 14.4. The highest BCUT2D eigenvalue weighted by atomic mass is 16.7. The van der Waals surface area contributed by atoms with Gasteiger partial charge in [0.15, 0.2) is 0 Å². The number of nitrogens with zero attached hydrogens (tertiary/aromatic N) is 1. The van der Waals surface area contributed by atoms with Crippen LogP contribution in [0.5, 0.6) is 0 Å². The van der Waals surface area contributed by atoms with Crippen molar-refractivity contribution in [3.8, 4) is 0 Å². The molecule has 4 heteroatoms. The van der Waals surface area contributed by atoms with Gasteiger partial charge in [-0.2, -0.15) is 0 Å². The zero-order valence-corrected chi connectivity index (χ0v) is 11.9. The van der Waals surface area contributed by atoms with Gasteiger partial charge in [-0.05, 0) is 19.8 Å². The fourth-order valence-electron chi connectivity index (χ4n) is 2.67. The molecule has 0 bridgehead atoms. The predicted molar refractivity (Wildman–Crippen MR) is 76.3 cm³/mol. The molecule has 0 aliphatic carbocycles. The first-order valence-corrected chi connectivity index (χ1v) is 6.95. The molecule has 0 amide bonds. The summed E-state index contributed by atoms with van der Waals surface area (Å²) in [5.41, 5.74) is 0.767. The minimum atomic E-state index is -0.776. The molecule has 1 aromatic carbocycles. The molecule has 0 aromatic heterocycles. The summed E-state index contributed by atoms with van der Waals surface area (Å²) in [6.45, 7) is 3.56. The van der Waals surface area contributed by atoms with Gasteiger partial charge in [-0.25, -0.2) is 4.79 Å². The van der Waals surface area contributed by atoms with Crippen LogP contribution in [0, 0.1) is 5.41 Å². The van der Waals surface area contributed by atoms with Crippen molar-refractivity contribution in [1.82, 2.24) is 0 Å². The molecule has 0 spiro atoms. The summed E-state index contributed by atoms with van der Waals surface area (Å²) in [6, 6.07) is 9.56. The van der Waals surface area contributed by atoms with Gasteiger partial charge >= 0.3 is 5.97 Å². The molecule has 0 N–H and O–H groups in total. The number of hydrogen-bond donors (Lipinski definition) is 0. The molecule has 4 nitrogen and oxygen atoms in total. The van der Waals surface area contributed by atoms with Crippen molar-refractivity contribution >= 4 is 17.5 Å². The van der Waals surface area contributed by atoms with Crippen molar-refractivity contribution in [2.45, 2.75) is 39.5 Å². The van der Waals surface area contributed by atoms with Crippen LogP contribution in [0.3, 0.4) is 0 Å². The minimum Gasteiger partial charge on any atom is -0.317 e. The van der Waals surface area contributed by atoms with Gasteiger partial charge in [-0.1, -0.05) is 48.8 Å². The molecule has 1 aliphatic rings. The Morgan fingerprint density at radius 1 is 1.25 bits per heavy atom. The Hall–Kier alpha value is -1.97. The molecule has 0 fully saturated rings. The lowest BCUT2D eigenvalue weighted by Gasteiger charge is -2.25. The maximum atomic E-state index is 12.2. The summed E-state index contributed by atoms with van der Waals surface area (Å²) >= 11 is 0. The molecule has 106 valence electrons. The van der Waals surface area contributed by atoms with Gasteiger partial charge in [0, 0.05) is 12.0 Å². The van der Waals surface area contributed by atoms with E-state index in [0.717, 1.165) is 12.0 Å². The third-order valence-corrected chi connectivity index (χ3v) is 3.69. The number of Topliss-reactive ketones (excluding diaryl/α,β-unsaturated/α-hetero) is 1. The second-order valence-electron chi connectivity index (χ2n) is 5.22. The van der Waals surface area contributed by atoms with Gasteiger partial charge in [-0.3, -0.25) is 0 Å². The quantitative estimate of drug-likeness (QED) is 0.748. The Kier molecular flexibility index (Phi) is 4.32. The van der Waals surface area contributed by atoms with E-state index in [0.29, 0.717) is 25.0 Å². The number of carbonyl (C=O) groups is 2. The van der Waals surface area contributed by atoms with E-state index in [1.165, 1.54) is 0 Å². The van der Waals surface area contributed by atoms with Gasteiger partial charge in [0.1, 0.15) is 16.9 Å². The van der Waals surface area contributed by atoms with Gasteiger partial charge in [0.25, 0.3) is 0 Å². The Balaban J connectivity index is 2.38. The predicted octanol–water partition coefficient (Wildman–Crippen LogP) is 3.10. The van der Waals surface area contributed by atoms with Crippen LogP contribution in [-0.2, 0) is 14.4 Å². The standard InChI is InChI=1S/C16H19NO3/c1-3-10-16(11-9-12(2)18)14(17-20-15(16)19)13-7-5-4-6-8-13/h4-8H,3,9-11H2,1-2H3/t16-/m1/s1. The van der Waals surface area contributed by atoms with E-state index in [-0.39, 0.29) is 11.8 Å². The lowest BCUT2D eigenvalue weighted by Crippen LogP contribution is -2.36. The van der Waals surface area contributed by atoms with Crippen LogP contribution in [0.15, 0.2) is 35.5 Å². The van der Waals surface area contributed by atoms with Gasteiger partial charge in [-0.15, -0.1) is 0 Å². The Morgan fingerprint density at radius 3 is 2.55 bits per heavy atom. The fourth-order valence-corrected chi connectivity index (χ4v) is 2.67. The minimum absolute atomic E-state index is 0.0765. The molecule has 2 rings (SSSR count). The molecule has 1 aliphatic heterocycles. The number of rotatable bonds is 6. The van der Waals surface area contributed by atoms with E-state index in [2.05, 4.69) is 5.16 Å². The molecule has 1 heterocycles. The molecule has 0 radical (unpaired) electrons. The first-order chi connectivity index (χ1) is 9.60. The first-order valence-electron chi connectivity index (χ1n) is 6.95. The van der Waals surface area contributed by atoms with Crippen molar-refractivity contribution in [2.24, 2.45) is 10.6 Å². The summed E-state index contributed by atoms with van der Waals surface area (Å²) in [7, 11) is 0. The lowest BCUT2D eigenvalue weighted by atomic mass is 9.73. The normalized spacial score (nSPS) is 21.5. The number of ketones is 1. The molecule has 1 atom stereocenters. The highest BCUT2D eigenvalue weighted by molar-refractivity contribution is 6.17. The lowest BCUT2D eigenvalue weighted by molar-refractivity contribution is -0.149. The van der Waals surface area contributed by atoms with Gasteiger partial charge < -0.3 is 9.63 Å². The molecule has 0 saturated heterocycles. The summed E-state index contributed by atoms with van der Waals surface area (Å²) in [5.74, 6) is -0.257. The topological polar surface area (TPSA) is 55.7 Å². The van der Waals surface area contributed by atoms with Crippen LogP contribution in [0.2, 0.25) is 0 Å². The average Bonchev–Trinajstić information content (AvgIpc) is 2.76. The van der Waals surface area contributed by atoms with Crippen LogP contribution in [-0.4, -0.2) is 17.5 Å². The van der Waals surface area contributed by atoms with Crippen LogP contribution < -0.4 is 0 Å². The average molecular weight is 273 g/mol. The summed E-state index contributed by atoms with van der Waals surface area (Å²) in [6.07, 6.45) is 2.30. The zero-order chi connectivity index (χ0) is 14.6. The second kappa shape index (κ2) is 5.99. The molecular weight excluding hydrogens is 254 g/mol. The third-order valence-electron chi connectivity index (χ3n) is 3.69. The van der Waals surface area contributed by atoms with E-state index >= 15 is 0 Å². The number of oxime groups is 1. The van der Waals surface area contributed by atoms with E-state index in [4.69, 9.17) is 4.84 Å².